The molecule has 3 heterocycles. The lowest BCUT2D eigenvalue weighted by Crippen LogP contribution is -2.52. The zero-order chi connectivity index (χ0) is 25.8. The fourth-order valence-electron chi connectivity index (χ4n) is 5.80. The van der Waals surface area contributed by atoms with Crippen molar-refractivity contribution in [3.05, 3.63) is 63.2 Å². The molecule has 1 aliphatic heterocycles. The van der Waals surface area contributed by atoms with Gasteiger partial charge in [-0.25, -0.2) is 0 Å². The molecule has 0 radical (unpaired) electrons. The monoisotopic (exact) mass is 486 g/mol. The van der Waals surface area contributed by atoms with E-state index < -0.39 is 12.1 Å². The molecule has 3 N–H and O–H groups in total. The fourth-order valence-corrected chi connectivity index (χ4v) is 5.80. The maximum Gasteiger partial charge on any atom is 0.251 e. The normalized spacial score (nSPS) is 22.6. The van der Waals surface area contributed by atoms with E-state index in [1.807, 2.05) is 38.1 Å². The molecule has 9 nitrogen and oxygen atoms in total. The lowest BCUT2D eigenvalue weighted by Gasteiger charge is -2.30. The summed E-state index contributed by atoms with van der Waals surface area (Å²) in [5.74, 6) is -0.206. The molecule has 3 aromatic rings. The van der Waals surface area contributed by atoms with Gasteiger partial charge < -0.3 is 15.2 Å². The number of fused-ring (bicyclic) bond motifs is 2. The summed E-state index contributed by atoms with van der Waals surface area (Å²) in [6.45, 7) is 8.56. The highest BCUT2D eigenvalue weighted by Crippen LogP contribution is 2.64. The molecule has 2 amide bonds. The summed E-state index contributed by atoms with van der Waals surface area (Å²) in [5, 5.41) is 20.4. The summed E-state index contributed by atoms with van der Waals surface area (Å²) >= 11 is 0. The highest BCUT2D eigenvalue weighted by Gasteiger charge is 2.69. The van der Waals surface area contributed by atoms with Gasteiger partial charge in [-0.1, -0.05) is 25.5 Å². The van der Waals surface area contributed by atoms with E-state index >= 15 is 0 Å². The molecule has 2 fully saturated rings. The van der Waals surface area contributed by atoms with E-state index in [1.54, 1.807) is 11.0 Å². The quantitative estimate of drug-likeness (QED) is 0.491. The van der Waals surface area contributed by atoms with Crippen LogP contribution in [0.2, 0.25) is 0 Å². The Bertz CT molecular complexity index is 1460. The molecule has 36 heavy (non-hydrogen) atoms. The fraction of sp³-hybridized carbons (Fsp3) is 0.444. The lowest BCUT2D eigenvalue weighted by atomic mass is 9.99. The van der Waals surface area contributed by atoms with Crippen LogP contribution in [0.1, 0.15) is 36.4 Å². The first-order valence-corrected chi connectivity index (χ1v) is 12.2. The van der Waals surface area contributed by atoms with Crippen molar-refractivity contribution in [1.82, 2.24) is 25.4 Å². The van der Waals surface area contributed by atoms with Crippen molar-refractivity contribution in [2.45, 2.75) is 52.6 Å². The third-order valence-corrected chi connectivity index (χ3v) is 7.87. The lowest BCUT2D eigenvalue weighted by molar-refractivity contribution is -0.140. The minimum absolute atomic E-state index is 0.0383. The van der Waals surface area contributed by atoms with Crippen molar-refractivity contribution >= 4 is 22.7 Å². The number of piperidine rings is 1. The first-order chi connectivity index (χ1) is 17.1. The van der Waals surface area contributed by atoms with Crippen LogP contribution < -0.4 is 10.9 Å². The smallest absolute Gasteiger partial charge is 0.251 e. The molecule has 0 spiro atoms. The van der Waals surface area contributed by atoms with Gasteiger partial charge in [-0.15, -0.1) is 0 Å². The molecular formula is C27H30N6O3. The van der Waals surface area contributed by atoms with Crippen LogP contribution in [0.3, 0.4) is 0 Å². The number of aromatic amines is 2. The van der Waals surface area contributed by atoms with E-state index in [2.05, 4.69) is 40.4 Å². The Morgan fingerprint density at radius 2 is 2.06 bits per heavy atom. The zero-order valence-electron chi connectivity index (χ0n) is 20.9. The molecule has 1 saturated heterocycles. The first kappa shape index (κ1) is 23.8. The molecule has 1 aromatic carbocycles. The highest BCUT2D eigenvalue weighted by atomic mass is 16.2. The van der Waals surface area contributed by atoms with Crippen molar-refractivity contribution in [3.8, 4) is 6.07 Å². The number of hydrogen-bond donors (Lipinski definition) is 3. The van der Waals surface area contributed by atoms with Crippen LogP contribution in [0.15, 0.2) is 35.1 Å². The standard InChI is InChI=1S/C27H30N6O3/c1-14-5-6-21-16(7-14)9-17(25(35)30-21)10-19(12-28)29-26(36)24-23-20(27(23,3)4)13-33(24)22(34)11-18-8-15(2)31-32-18/h5-9,19-20,23-24H,10-11,13H2,1-4H3,(H,29,36)(H,30,35)(H,31,32)/t19-,20-,23-,24-/m0/s1. The second-order valence-corrected chi connectivity index (χ2v) is 10.8. The van der Waals surface area contributed by atoms with Crippen LogP contribution in [-0.4, -0.2) is 50.5 Å². The largest absolute Gasteiger partial charge is 0.338 e. The number of carbonyl (C=O) groups is 2. The van der Waals surface area contributed by atoms with Gasteiger partial charge in [0.15, 0.2) is 0 Å². The van der Waals surface area contributed by atoms with Gasteiger partial charge in [0.1, 0.15) is 12.1 Å². The second kappa shape index (κ2) is 8.63. The van der Waals surface area contributed by atoms with Gasteiger partial charge in [0, 0.05) is 29.7 Å². The number of aryl methyl sites for hydroxylation is 2. The number of likely N-dealkylation sites (tertiary alicyclic amines) is 1. The number of pyridine rings is 1. The van der Waals surface area contributed by atoms with Crippen molar-refractivity contribution in [2.24, 2.45) is 17.3 Å². The third kappa shape index (κ3) is 4.17. The number of H-pyrrole nitrogens is 2. The molecule has 0 bridgehead atoms. The van der Waals surface area contributed by atoms with Crippen LogP contribution in [-0.2, 0) is 22.4 Å². The number of nitrogens with one attached hydrogen (secondary N) is 3. The van der Waals surface area contributed by atoms with Crippen LogP contribution in [0.25, 0.3) is 10.9 Å². The molecule has 2 aromatic heterocycles. The van der Waals surface area contributed by atoms with Gasteiger partial charge in [-0.2, -0.15) is 10.4 Å². The number of hydrogen-bond acceptors (Lipinski definition) is 5. The van der Waals surface area contributed by atoms with E-state index in [-0.39, 0.29) is 47.5 Å². The predicted octanol–water partition coefficient (Wildman–Crippen LogP) is 2.14. The average Bonchev–Trinajstić information content (AvgIpc) is 3.19. The Morgan fingerprint density at radius 3 is 2.75 bits per heavy atom. The maximum atomic E-state index is 13.5. The Hall–Kier alpha value is -3.93. The Labute approximate surface area is 208 Å². The molecule has 4 atom stereocenters. The highest BCUT2D eigenvalue weighted by molar-refractivity contribution is 5.90. The van der Waals surface area contributed by atoms with Crippen LogP contribution in [0.4, 0.5) is 0 Å². The number of aromatic nitrogens is 3. The SMILES string of the molecule is Cc1ccc2[nH]c(=O)c(C[C@@H](C#N)NC(=O)[C@@H]3[C@@H]4[C@H](CN3C(=O)Cc3cc(C)n[nH]3)C4(C)C)cc2c1. The van der Waals surface area contributed by atoms with Gasteiger partial charge in [0.05, 0.1) is 18.2 Å². The Kier molecular flexibility index (Phi) is 5.70. The molecule has 5 rings (SSSR count). The third-order valence-electron chi connectivity index (χ3n) is 7.87. The van der Waals surface area contributed by atoms with E-state index in [9.17, 15) is 19.6 Å². The first-order valence-electron chi connectivity index (χ1n) is 12.2. The Morgan fingerprint density at radius 1 is 1.28 bits per heavy atom. The van der Waals surface area contributed by atoms with Crippen LogP contribution in [0, 0.1) is 42.4 Å². The summed E-state index contributed by atoms with van der Waals surface area (Å²) < 4.78 is 0. The van der Waals surface area contributed by atoms with E-state index in [4.69, 9.17) is 0 Å². The number of carbonyl (C=O) groups excluding carboxylic acids is 2. The van der Waals surface area contributed by atoms with Gasteiger partial charge in [-0.3, -0.25) is 19.5 Å². The number of amides is 2. The minimum Gasteiger partial charge on any atom is -0.338 e. The summed E-state index contributed by atoms with van der Waals surface area (Å²) in [7, 11) is 0. The number of nitriles is 1. The van der Waals surface area contributed by atoms with Crippen LogP contribution >= 0.6 is 0 Å². The van der Waals surface area contributed by atoms with E-state index in [1.165, 1.54) is 0 Å². The predicted molar refractivity (Wildman–Crippen MR) is 134 cm³/mol. The summed E-state index contributed by atoms with van der Waals surface area (Å²) in [6, 6.07) is 9.92. The minimum atomic E-state index is -0.894. The summed E-state index contributed by atoms with van der Waals surface area (Å²) in [6.07, 6.45) is 0.213. The molecular weight excluding hydrogens is 456 g/mol. The number of benzene rings is 1. The average molecular weight is 487 g/mol. The van der Waals surface area contributed by atoms with Gasteiger partial charge in [0.25, 0.3) is 5.56 Å². The Balaban J connectivity index is 1.34. The van der Waals surface area contributed by atoms with Gasteiger partial charge >= 0.3 is 0 Å². The van der Waals surface area contributed by atoms with Crippen molar-refractivity contribution in [1.29, 1.82) is 5.26 Å². The molecule has 1 saturated carbocycles. The summed E-state index contributed by atoms with van der Waals surface area (Å²) in [4.78, 5) is 43.8. The summed E-state index contributed by atoms with van der Waals surface area (Å²) in [5.41, 5.74) is 3.39. The van der Waals surface area contributed by atoms with Crippen LogP contribution in [0.5, 0.6) is 0 Å². The van der Waals surface area contributed by atoms with Gasteiger partial charge in [-0.05, 0) is 60.7 Å². The molecule has 9 heteroatoms. The molecule has 0 unspecified atom stereocenters. The van der Waals surface area contributed by atoms with Gasteiger partial charge in [0.2, 0.25) is 11.8 Å². The van der Waals surface area contributed by atoms with Crippen molar-refractivity contribution in [2.75, 3.05) is 6.54 Å². The molecule has 2 aliphatic rings. The van der Waals surface area contributed by atoms with Crippen molar-refractivity contribution < 1.29 is 9.59 Å². The maximum absolute atomic E-state index is 13.5. The molecule has 1 aliphatic carbocycles. The van der Waals surface area contributed by atoms with Crippen molar-refractivity contribution in [3.63, 3.8) is 0 Å². The zero-order valence-corrected chi connectivity index (χ0v) is 20.9. The van der Waals surface area contributed by atoms with E-state index in [0.29, 0.717) is 17.8 Å². The number of rotatable bonds is 6. The topological polar surface area (TPSA) is 135 Å². The molecule has 186 valence electrons. The second-order valence-electron chi connectivity index (χ2n) is 10.8. The number of nitrogens with zero attached hydrogens (tertiary/aromatic N) is 3. The van der Waals surface area contributed by atoms with E-state index in [0.717, 1.165) is 22.2 Å².